The number of amides is 1. The maximum Gasteiger partial charge on any atom is 0.338 e. The molecule has 0 radical (unpaired) electrons. The van der Waals surface area contributed by atoms with Crippen LogP contribution in [0.15, 0.2) is 42.5 Å². The Bertz CT molecular complexity index is 800. The van der Waals surface area contributed by atoms with Crippen LogP contribution in [0.5, 0.6) is 11.5 Å². The standard InChI is InChI=1S/C18H15NO6/c20-10-12-1-3-13(4-2-12)18(22)25-11-17(21)19-14-5-6-15-16(9-14)24-8-7-23-15/h1-6,9-10H,7-8,11H2,(H,19,21). The average molecular weight is 341 g/mol. The lowest BCUT2D eigenvalue weighted by molar-refractivity contribution is -0.119. The molecule has 7 heteroatoms. The molecule has 0 aromatic heterocycles. The van der Waals surface area contributed by atoms with Gasteiger partial charge in [0.15, 0.2) is 18.1 Å². The number of esters is 1. The maximum absolute atomic E-state index is 11.9. The van der Waals surface area contributed by atoms with Crippen molar-refractivity contribution in [2.45, 2.75) is 0 Å². The summed E-state index contributed by atoms with van der Waals surface area (Å²) in [4.78, 5) is 34.4. The number of ether oxygens (including phenoxy) is 3. The van der Waals surface area contributed by atoms with Gasteiger partial charge in [0.25, 0.3) is 5.91 Å². The van der Waals surface area contributed by atoms with E-state index in [4.69, 9.17) is 14.2 Å². The highest BCUT2D eigenvalue weighted by Gasteiger charge is 2.14. The van der Waals surface area contributed by atoms with Crippen LogP contribution in [-0.4, -0.2) is 38.0 Å². The number of carbonyl (C=O) groups excluding carboxylic acids is 3. The summed E-state index contributed by atoms with van der Waals surface area (Å²) in [5.74, 6) is 0.0510. The van der Waals surface area contributed by atoms with E-state index in [9.17, 15) is 14.4 Å². The van der Waals surface area contributed by atoms with Gasteiger partial charge in [-0.15, -0.1) is 0 Å². The molecule has 0 atom stereocenters. The van der Waals surface area contributed by atoms with Crippen LogP contribution in [0.25, 0.3) is 0 Å². The van der Waals surface area contributed by atoms with E-state index < -0.39 is 18.5 Å². The smallest absolute Gasteiger partial charge is 0.338 e. The SMILES string of the molecule is O=Cc1ccc(C(=O)OCC(=O)Nc2ccc3c(c2)OCCO3)cc1. The second-order valence-corrected chi connectivity index (χ2v) is 5.22. The molecule has 0 fully saturated rings. The summed E-state index contributed by atoms with van der Waals surface area (Å²) in [6, 6.07) is 10.9. The van der Waals surface area contributed by atoms with Crippen molar-refractivity contribution >= 4 is 23.9 Å². The molecule has 1 aliphatic rings. The fraction of sp³-hybridized carbons (Fsp3) is 0.167. The van der Waals surface area contributed by atoms with Crippen molar-refractivity contribution in [1.82, 2.24) is 0 Å². The number of carbonyl (C=O) groups is 3. The second kappa shape index (κ2) is 7.48. The number of nitrogens with one attached hydrogen (secondary N) is 1. The average Bonchev–Trinajstić information content (AvgIpc) is 2.66. The van der Waals surface area contributed by atoms with Crippen molar-refractivity contribution in [2.24, 2.45) is 0 Å². The maximum atomic E-state index is 11.9. The highest BCUT2D eigenvalue weighted by Crippen LogP contribution is 2.32. The molecule has 128 valence electrons. The third kappa shape index (κ3) is 4.14. The van der Waals surface area contributed by atoms with Crippen LogP contribution in [-0.2, 0) is 9.53 Å². The molecule has 0 aliphatic carbocycles. The summed E-state index contributed by atoms with van der Waals surface area (Å²) in [7, 11) is 0. The van der Waals surface area contributed by atoms with E-state index >= 15 is 0 Å². The minimum Gasteiger partial charge on any atom is -0.486 e. The molecule has 1 heterocycles. The van der Waals surface area contributed by atoms with Gasteiger partial charge in [-0.25, -0.2) is 4.79 Å². The fourth-order valence-electron chi connectivity index (χ4n) is 2.23. The molecule has 1 N–H and O–H groups in total. The number of anilines is 1. The Morgan fingerprint density at radius 2 is 1.76 bits per heavy atom. The van der Waals surface area contributed by atoms with Crippen LogP contribution >= 0.6 is 0 Å². The molecule has 1 amide bonds. The number of hydrogen-bond acceptors (Lipinski definition) is 6. The van der Waals surface area contributed by atoms with E-state index in [-0.39, 0.29) is 5.56 Å². The van der Waals surface area contributed by atoms with Gasteiger partial charge in [-0.05, 0) is 24.3 Å². The van der Waals surface area contributed by atoms with Crippen LogP contribution in [0.4, 0.5) is 5.69 Å². The monoisotopic (exact) mass is 341 g/mol. The third-order valence-electron chi connectivity index (χ3n) is 3.44. The van der Waals surface area contributed by atoms with Gasteiger partial charge in [0, 0.05) is 17.3 Å². The molecule has 2 aromatic rings. The van der Waals surface area contributed by atoms with E-state index in [1.54, 1.807) is 18.2 Å². The lowest BCUT2D eigenvalue weighted by Gasteiger charge is -2.19. The lowest BCUT2D eigenvalue weighted by atomic mass is 10.1. The molecule has 25 heavy (non-hydrogen) atoms. The molecule has 3 rings (SSSR count). The molecule has 0 spiro atoms. The summed E-state index contributed by atoms with van der Waals surface area (Å²) < 4.78 is 15.8. The number of rotatable bonds is 5. The number of fused-ring (bicyclic) bond motifs is 1. The van der Waals surface area contributed by atoms with Crippen LogP contribution < -0.4 is 14.8 Å². The third-order valence-corrected chi connectivity index (χ3v) is 3.44. The predicted molar refractivity (Wildman–Crippen MR) is 88.2 cm³/mol. The Morgan fingerprint density at radius 3 is 2.48 bits per heavy atom. The van der Waals surface area contributed by atoms with Crippen molar-refractivity contribution in [3.8, 4) is 11.5 Å². The first kappa shape index (κ1) is 16.5. The molecule has 0 unspecified atom stereocenters. The number of benzene rings is 2. The normalized spacial score (nSPS) is 12.2. The molecule has 0 bridgehead atoms. The molecular formula is C18H15NO6. The minimum absolute atomic E-state index is 0.262. The molecule has 2 aromatic carbocycles. The van der Waals surface area contributed by atoms with Crippen molar-refractivity contribution in [1.29, 1.82) is 0 Å². The molecule has 0 saturated carbocycles. The predicted octanol–water partition coefficient (Wildman–Crippen LogP) is 2.07. The van der Waals surface area contributed by atoms with Crippen molar-refractivity contribution in [3.05, 3.63) is 53.6 Å². The topological polar surface area (TPSA) is 90.9 Å². The highest BCUT2D eigenvalue weighted by atomic mass is 16.6. The van der Waals surface area contributed by atoms with Crippen LogP contribution in [0, 0.1) is 0 Å². The first-order valence-corrected chi connectivity index (χ1v) is 7.57. The van der Waals surface area contributed by atoms with Crippen molar-refractivity contribution in [3.63, 3.8) is 0 Å². The summed E-state index contributed by atoms with van der Waals surface area (Å²) >= 11 is 0. The molecule has 7 nitrogen and oxygen atoms in total. The van der Waals surface area contributed by atoms with Gasteiger partial charge in [0.2, 0.25) is 0 Å². The number of hydrogen-bond donors (Lipinski definition) is 1. The van der Waals surface area contributed by atoms with Gasteiger partial charge in [-0.2, -0.15) is 0 Å². The molecule has 1 aliphatic heterocycles. The summed E-state index contributed by atoms with van der Waals surface area (Å²) in [6.07, 6.45) is 0.676. The Balaban J connectivity index is 1.53. The molecular weight excluding hydrogens is 326 g/mol. The largest absolute Gasteiger partial charge is 0.486 e. The van der Waals surface area contributed by atoms with Crippen LogP contribution in [0.1, 0.15) is 20.7 Å². The zero-order valence-electron chi connectivity index (χ0n) is 13.2. The Kier molecular flexibility index (Phi) is 4.94. The highest BCUT2D eigenvalue weighted by molar-refractivity contribution is 5.96. The van der Waals surface area contributed by atoms with Gasteiger partial charge >= 0.3 is 5.97 Å². The summed E-state index contributed by atoms with van der Waals surface area (Å²) in [5, 5.41) is 2.62. The quantitative estimate of drug-likeness (QED) is 0.661. The van der Waals surface area contributed by atoms with Crippen LogP contribution in [0.2, 0.25) is 0 Å². The zero-order valence-corrected chi connectivity index (χ0v) is 13.2. The fourth-order valence-corrected chi connectivity index (χ4v) is 2.23. The first-order chi connectivity index (χ1) is 12.2. The number of aldehydes is 1. The van der Waals surface area contributed by atoms with Gasteiger partial charge in [0.05, 0.1) is 5.56 Å². The van der Waals surface area contributed by atoms with E-state index in [1.165, 1.54) is 24.3 Å². The van der Waals surface area contributed by atoms with E-state index in [1.807, 2.05) is 0 Å². The van der Waals surface area contributed by atoms with Crippen molar-refractivity contribution in [2.75, 3.05) is 25.1 Å². The van der Waals surface area contributed by atoms with E-state index in [0.29, 0.717) is 42.2 Å². The Morgan fingerprint density at radius 1 is 1.04 bits per heavy atom. The lowest BCUT2D eigenvalue weighted by Crippen LogP contribution is -2.21. The van der Waals surface area contributed by atoms with Crippen LogP contribution in [0.3, 0.4) is 0 Å². The second-order valence-electron chi connectivity index (χ2n) is 5.22. The van der Waals surface area contributed by atoms with Gasteiger partial charge in [0.1, 0.15) is 19.5 Å². The minimum atomic E-state index is -0.644. The van der Waals surface area contributed by atoms with Gasteiger partial charge in [-0.1, -0.05) is 12.1 Å². The van der Waals surface area contributed by atoms with Gasteiger partial charge in [-0.3, -0.25) is 9.59 Å². The molecule has 0 saturated heterocycles. The van der Waals surface area contributed by atoms with E-state index in [0.717, 1.165) is 0 Å². The zero-order chi connectivity index (χ0) is 17.6. The van der Waals surface area contributed by atoms with Crippen molar-refractivity contribution < 1.29 is 28.6 Å². The van der Waals surface area contributed by atoms with E-state index in [2.05, 4.69) is 5.32 Å². The first-order valence-electron chi connectivity index (χ1n) is 7.57. The summed E-state index contributed by atoms with van der Waals surface area (Å²) in [5.41, 5.74) is 1.23. The summed E-state index contributed by atoms with van der Waals surface area (Å²) in [6.45, 7) is 0.510. The Labute approximate surface area is 143 Å². The van der Waals surface area contributed by atoms with Gasteiger partial charge < -0.3 is 19.5 Å². The Hall–Kier alpha value is -3.35.